The van der Waals surface area contributed by atoms with Crippen LogP contribution < -0.4 is 15.7 Å². The van der Waals surface area contributed by atoms with Crippen LogP contribution in [0.2, 0.25) is 0 Å². The molecule has 1 aliphatic heterocycles. The number of aromatic nitrogens is 1. The summed E-state index contributed by atoms with van der Waals surface area (Å²) in [6, 6.07) is 1.19. The molecule has 0 spiro atoms. The van der Waals surface area contributed by atoms with E-state index < -0.39 is 17.2 Å². The number of halogens is 1. The number of carboxylic acids is 1. The summed E-state index contributed by atoms with van der Waals surface area (Å²) in [6.07, 6.45) is 0. The average molecular weight is 400 g/mol. The first-order valence-electron chi connectivity index (χ1n) is 8.90. The van der Waals surface area contributed by atoms with Gasteiger partial charge in [0.05, 0.1) is 32.9 Å². The molecule has 0 atom stereocenters. The lowest BCUT2D eigenvalue weighted by atomic mass is 10.1. The maximum Gasteiger partial charge on any atom is 0.342 e. The summed E-state index contributed by atoms with van der Waals surface area (Å²) < 4.78 is 17.1. The zero-order valence-corrected chi connectivity index (χ0v) is 16.1. The third-order valence-electron chi connectivity index (χ3n) is 5.60. The van der Waals surface area contributed by atoms with Crippen LogP contribution in [0.1, 0.15) is 10.4 Å². The van der Waals surface area contributed by atoms with Crippen LogP contribution in [0.5, 0.6) is 0 Å². The Labute approximate surface area is 162 Å². The molecule has 9 heteroatoms. The summed E-state index contributed by atoms with van der Waals surface area (Å²) >= 11 is 1.19. The molecular weight excluding hydrogens is 383 g/mol. The van der Waals surface area contributed by atoms with E-state index in [9.17, 15) is 14.7 Å². The number of carboxylic acid groups (broad SMARTS) is 1. The summed E-state index contributed by atoms with van der Waals surface area (Å²) in [5, 5.41) is 12.6. The molecule has 144 valence electrons. The van der Waals surface area contributed by atoms with Crippen LogP contribution in [-0.2, 0) is 0 Å². The molecule has 5 rings (SSSR count). The Hall–Kier alpha value is -2.78. The number of anilines is 1. The van der Waals surface area contributed by atoms with Crippen LogP contribution >= 0.6 is 11.3 Å². The van der Waals surface area contributed by atoms with Gasteiger partial charge in [-0.25, -0.2) is 9.18 Å². The molecule has 1 saturated heterocycles. The Morgan fingerprint density at radius 1 is 1.29 bits per heavy atom. The lowest BCUT2D eigenvalue weighted by Gasteiger charge is -2.34. The van der Waals surface area contributed by atoms with Crippen molar-refractivity contribution < 1.29 is 14.3 Å². The van der Waals surface area contributed by atoms with Gasteiger partial charge >= 0.3 is 5.97 Å². The molecule has 0 bridgehead atoms. The van der Waals surface area contributed by atoms with E-state index >= 15 is 4.39 Å². The number of aromatic carboxylic acids is 1. The van der Waals surface area contributed by atoms with Crippen molar-refractivity contribution in [3.05, 3.63) is 38.4 Å². The molecule has 1 aliphatic rings. The molecule has 28 heavy (non-hydrogen) atoms. The van der Waals surface area contributed by atoms with Crippen molar-refractivity contribution in [1.82, 2.24) is 9.30 Å². The van der Waals surface area contributed by atoms with Crippen molar-refractivity contribution in [3.63, 3.8) is 0 Å². The number of hydrogen-bond donors (Lipinski definition) is 1. The number of nitrogens with zero attached hydrogens (tertiary/aromatic N) is 4. The fourth-order valence-electron chi connectivity index (χ4n) is 4.25. The fraction of sp³-hybridized carbons (Fsp3) is 0.316. The average Bonchev–Trinajstić information content (AvgIpc) is 3.21. The van der Waals surface area contributed by atoms with E-state index in [4.69, 9.17) is 0 Å². The number of hydrogen-bond acceptors (Lipinski definition) is 6. The monoisotopic (exact) mass is 400 g/mol. The largest absolute Gasteiger partial charge is 0.477 e. The second-order valence-electron chi connectivity index (χ2n) is 7.11. The first-order valence-corrected chi connectivity index (χ1v) is 9.78. The van der Waals surface area contributed by atoms with E-state index in [1.807, 2.05) is 11.9 Å². The Kier molecular flexibility index (Phi) is 3.62. The number of carbonyl (C=O) groups is 1. The van der Waals surface area contributed by atoms with Crippen molar-refractivity contribution in [2.24, 2.45) is 4.99 Å². The van der Waals surface area contributed by atoms with Gasteiger partial charge in [-0.3, -0.25) is 14.2 Å². The molecule has 7 nitrogen and oxygen atoms in total. The molecule has 0 radical (unpaired) electrons. The summed E-state index contributed by atoms with van der Waals surface area (Å²) in [5.74, 6) is -1.82. The van der Waals surface area contributed by atoms with Gasteiger partial charge in [0.25, 0.3) is 0 Å². The quantitative estimate of drug-likeness (QED) is 0.554. The number of piperazine rings is 1. The van der Waals surface area contributed by atoms with E-state index in [1.165, 1.54) is 17.4 Å². The highest BCUT2D eigenvalue weighted by Gasteiger charge is 2.29. The van der Waals surface area contributed by atoms with Crippen molar-refractivity contribution in [2.75, 3.05) is 45.2 Å². The van der Waals surface area contributed by atoms with Crippen molar-refractivity contribution in [2.45, 2.75) is 0 Å². The number of rotatable bonds is 2. The van der Waals surface area contributed by atoms with Gasteiger partial charge in [0.2, 0.25) is 5.43 Å². The standard InChI is InChI=1S/C19H17FN4O3S/c1-21-14-11-8-28-18-13(19(26)27)17(25)9-7-10(20)16(12(14)15(9)24(11)18)23-5-3-22(2)4-6-23/h7-8H,3-6H2,1-2H3,(H,26,27). The number of likely N-dealkylation sites (N-methyl/N-ethyl adjacent to an activating group) is 1. The lowest BCUT2D eigenvalue weighted by molar-refractivity contribution is 0.0697. The highest BCUT2D eigenvalue weighted by molar-refractivity contribution is 7.16. The minimum Gasteiger partial charge on any atom is -0.477 e. The van der Waals surface area contributed by atoms with E-state index in [2.05, 4.69) is 9.89 Å². The zero-order chi connectivity index (χ0) is 19.7. The summed E-state index contributed by atoms with van der Waals surface area (Å²) in [6.45, 7) is 2.95. The minimum atomic E-state index is -1.31. The smallest absolute Gasteiger partial charge is 0.342 e. The molecule has 0 saturated carbocycles. The molecule has 0 amide bonds. The van der Waals surface area contributed by atoms with Gasteiger partial charge in [0.15, 0.2) is 0 Å². The van der Waals surface area contributed by atoms with Gasteiger partial charge in [0.1, 0.15) is 16.2 Å². The first kappa shape index (κ1) is 17.3. The van der Waals surface area contributed by atoms with Crippen LogP contribution in [0, 0.1) is 5.82 Å². The minimum absolute atomic E-state index is 0.0820. The van der Waals surface area contributed by atoms with Gasteiger partial charge in [0, 0.05) is 38.6 Å². The Morgan fingerprint density at radius 2 is 2.00 bits per heavy atom. The predicted molar refractivity (Wildman–Crippen MR) is 107 cm³/mol. The van der Waals surface area contributed by atoms with Gasteiger partial charge < -0.3 is 14.9 Å². The topological polar surface area (TPSA) is 77.6 Å². The van der Waals surface area contributed by atoms with Crippen LogP contribution in [0.25, 0.3) is 26.6 Å². The molecule has 4 aromatic rings. The molecule has 0 aliphatic carbocycles. The van der Waals surface area contributed by atoms with Crippen LogP contribution in [0.4, 0.5) is 10.1 Å². The summed E-state index contributed by atoms with van der Waals surface area (Å²) in [5.41, 5.74) is 0.721. The highest BCUT2D eigenvalue weighted by Crippen LogP contribution is 2.36. The van der Waals surface area contributed by atoms with Gasteiger partial charge in [-0.2, -0.15) is 0 Å². The molecule has 1 fully saturated rings. The van der Waals surface area contributed by atoms with Crippen LogP contribution in [0.3, 0.4) is 0 Å². The Bertz CT molecular complexity index is 1370. The maximum absolute atomic E-state index is 15.3. The number of benzene rings is 1. The van der Waals surface area contributed by atoms with Crippen LogP contribution in [-0.4, -0.2) is 60.7 Å². The Balaban J connectivity index is 1.99. The lowest BCUT2D eigenvalue weighted by Crippen LogP contribution is -2.45. The van der Waals surface area contributed by atoms with Crippen molar-refractivity contribution >= 4 is 49.6 Å². The number of thiazole rings is 1. The van der Waals surface area contributed by atoms with E-state index in [-0.39, 0.29) is 10.9 Å². The molecule has 3 aromatic heterocycles. The highest BCUT2D eigenvalue weighted by atomic mass is 32.1. The number of pyridine rings is 1. The van der Waals surface area contributed by atoms with Gasteiger partial charge in [-0.05, 0) is 13.1 Å². The molecular formula is C19H17FN4O3S. The molecule has 1 aromatic carbocycles. The SMILES string of the molecule is CN=c1c2c(N3CCN(C)CC3)c(F)cc3c(=O)c(C(=O)O)c4scc1n4c32. The van der Waals surface area contributed by atoms with E-state index in [0.717, 1.165) is 13.1 Å². The van der Waals surface area contributed by atoms with Gasteiger partial charge in [-0.1, -0.05) is 0 Å². The molecule has 1 N–H and O–H groups in total. The van der Waals surface area contributed by atoms with E-state index in [1.54, 1.807) is 16.8 Å². The fourth-order valence-corrected chi connectivity index (χ4v) is 5.29. The maximum atomic E-state index is 15.3. The molecule has 0 unspecified atom stereocenters. The van der Waals surface area contributed by atoms with Gasteiger partial charge in [-0.15, -0.1) is 11.3 Å². The molecule has 4 heterocycles. The van der Waals surface area contributed by atoms with Crippen molar-refractivity contribution in [1.29, 1.82) is 0 Å². The first-order chi connectivity index (χ1) is 13.4. The second-order valence-corrected chi connectivity index (χ2v) is 7.97. The second kappa shape index (κ2) is 5.86. The third kappa shape index (κ3) is 2.08. The zero-order valence-electron chi connectivity index (χ0n) is 15.3. The van der Waals surface area contributed by atoms with E-state index in [0.29, 0.717) is 45.4 Å². The predicted octanol–water partition coefficient (Wildman–Crippen LogP) is 1.66. The van der Waals surface area contributed by atoms with Crippen LogP contribution in [0.15, 0.2) is 21.2 Å². The Morgan fingerprint density at radius 3 is 2.64 bits per heavy atom. The normalized spacial score (nSPS) is 17.0. The van der Waals surface area contributed by atoms with Crippen molar-refractivity contribution in [3.8, 4) is 0 Å². The summed E-state index contributed by atoms with van der Waals surface area (Å²) in [7, 11) is 3.66. The third-order valence-corrected chi connectivity index (χ3v) is 6.55. The summed E-state index contributed by atoms with van der Waals surface area (Å²) in [4.78, 5) is 33.6.